The molecular weight excluding hydrogens is 542 g/mol. The molecule has 0 fully saturated rings. The molecular formula is C27H24ClN5O5S. The van der Waals surface area contributed by atoms with E-state index < -0.39 is 11.8 Å². The van der Waals surface area contributed by atoms with Gasteiger partial charge in [-0.25, -0.2) is 0 Å². The van der Waals surface area contributed by atoms with Gasteiger partial charge in [0.05, 0.1) is 30.9 Å². The molecule has 1 aromatic heterocycles. The first-order valence-corrected chi connectivity index (χ1v) is 12.9. The number of nitro groups is 1. The first kappa shape index (κ1) is 27.8. The summed E-state index contributed by atoms with van der Waals surface area (Å²) in [5.41, 5.74) is 2.53. The van der Waals surface area contributed by atoms with Gasteiger partial charge in [0, 0.05) is 16.2 Å². The lowest BCUT2D eigenvalue weighted by molar-refractivity contribution is -0.479. The van der Waals surface area contributed by atoms with E-state index in [0.29, 0.717) is 39.2 Å². The molecule has 10 nitrogen and oxygen atoms in total. The van der Waals surface area contributed by atoms with Gasteiger partial charge in [0.15, 0.2) is 16.7 Å². The Morgan fingerprint density at radius 3 is 2.54 bits per heavy atom. The Hall–Kier alpha value is -4.27. The highest BCUT2D eigenvalue weighted by Crippen LogP contribution is 2.43. The van der Waals surface area contributed by atoms with Gasteiger partial charge in [-0.2, -0.15) is 5.26 Å². The maximum Gasteiger partial charge on any atom is 0.220 e. The van der Waals surface area contributed by atoms with Crippen molar-refractivity contribution < 1.29 is 19.1 Å². The lowest BCUT2D eigenvalue weighted by atomic mass is 10.1. The zero-order chi connectivity index (χ0) is 27.9. The largest absolute Gasteiger partial charge is 0.497 e. The zero-order valence-corrected chi connectivity index (χ0v) is 22.9. The molecule has 0 aliphatic rings. The maximum absolute atomic E-state index is 11.7. The van der Waals surface area contributed by atoms with Crippen LogP contribution in [-0.2, 0) is 6.61 Å². The Labute approximate surface area is 234 Å². The molecule has 0 unspecified atom stereocenters. The van der Waals surface area contributed by atoms with Crippen LogP contribution in [0.5, 0.6) is 17.2 Å². The number of thioether (sulfide) groups is 1. The van der Waals surface area contributed by atoms with E-state index >= 15 is 0 Å². The van der Waals surface area contributed by atoms with E-state index in [1.54, 1.807) is 44.4 Å². The molecule has 0 aliphatic carbocycles. The van der Waals surface area contributed by atoms with Gasteiger partial charge in [0.1, 0.15) is 23.4 Å². The van der Waals surface area contributed by atoms with Gasteiger partial charge in [0.25, 0.3) is 0 Å². The maximum atomic E-state index is 11.7. The van der Waals surface area contributed by atoms with Crippen molar-refractivity contribution in [2.45, 2.75) is 23.9 Å². The van der Waals surface area contributed by atoms with Crippen LogP contribution in [0.25, 0.3) is 5.69 Å². The molecule has 0 radical (unpaired) electrons. The third-order valence-corrected chi connectivity index (χ3v) is 7.28. The molecule has 1 heterocycles. The van der Waals surface area contributed by atoms with Gasteiger partial charge in [-0.1, -0.05) is 41.6 Å². The second kappa shape index (κ2) is 12.5. The quantitative estimate of drug-likeness (QED) is 0.126. The molecule has 0 N–H and O–H groups in total. The fourth-order valence-corrected chi connectivity index (χ4v) is 5.32. The van der Waals surface area contributed by atoms with Crippen molar-refractivity contribution in [3.8, 4) is 29.0 Å². The van der Waals surface area contributed by atoms with Gasteiger partial charge in [0.2, 0.25) is 6.54 Å². The Kier molecular flexibility index (Phi) is 8.91. The van der Waals surface area contributed by atoms with Crippen LogP contribution in [-0.4, -0.2) is 40.5 Å². The number of hydrogen-bond donors (Lipinski definition) is 0. The Morgan fingerprint density at radius 1 is 1.13 bits per heavy atom. The molecule has 0 spiro atoms. The number of rotatable bonds is 11. The van der Waals surface area contributed by atoms with Gasteiger partial charge in [-0.05, 0) is 55.0 Å². The van der Waals surface area contributed by atoms with Crippen molar-refractivity contribution >= 4 is 23.4 Å². The number of halogens is 1. The third kappa shape index (κ3) is 6.42. The molecule has 0 amide bonds. The van der Waals surface area contributed by atoms with E-state index in [1.165, 1.54) is 18.9 Å². The molecule has 0 saturated carbocycles. The first-order chi connectivity index (χ1) is 18.8. The summed E-state index contributed by atoms with van der Waals surface area (Å²) >= 11 is 7.80. The van der Waals surface area contributed by atoms with E-state index in [-0.39, 0.29) is 22.3 Å². The highest BCUT2D eigenvalue weighted by atomic mass is 35.5. The SMILES string of the molecule is COc1ccc(-n2c(C)nnc2S[C@@H](C[N+](=O)[O-])c2cc(Cl)c(OCc3ccccc3C#N)c(OC)c2)cc1. The number of nitriles is 1. The molecule has 0 saturated heterocycles. The van der Waals surface area contributed by atoms with E-state index in [9.17, 15) is 15.4 Å². The smallest absolute Gasteiger partial charge is 0.220 e. The average Bonchev–Trinajstić information content (AvgIpc) is 3.31. The second-order valence-corrected chi connectivity index (χ2v) is 9.85. The lowest BCUT2D eigenvalue weighted by Crippen LogP contribution is -2.12. The number of aryl methyl sites for hydroxylation is 1. The Balaban J connectivity index is 1.65. The van der Waals surface area contributed by atoms with E-state index in [4.69, 9.17) is 25.8 Å². The van der Waals surface area contributed by atoms with E-state index in [0.717, 1.165) is 5.69 Å². The van der Waals surface area contributed by atoms with Crippen LogP contribution in [0.2, 0.25) is 5.02 Å². The van der Waals surface area contributed by atoms with Crippen molar-refractivity contribution in [2.75, 3.05) is 20.8 Å². The zero-order valence-electron chi connectivity index (χ0n) is 21.3. The number of nitrogens with zero attached hydrogens (tertiary/aromatic N) is 5. The predicted molar refractivity (Wildman–Crippen MR) is 147 cm³/mol. The van der Waals surface area contributed by atoms with Crippen molar-refractivity contribution in [1.29, 1.82) is 5.26 Å². The highest BCUT2D eigenvalue weighted by Gasteiger charge is 2.26. The Bertz CT molecular complexity index is 1520. The summed E-state index contributed by atoms with van der Waals surface area (Å²) in [5, 5.41) is 29.5. The van der Waals surface area contributed by atoms with Gasteiger partial charge in [-0.3, -0.25) is 14.7 Å². The van der Waals surface area contributed by atoms with Crippen molar-refractivity contribution in [2.24, 2.45) is 0 Å². The topological polar surface area (TPSA) is 125 Å². The number of benzene rings is 3. The molecule has 0 bridgehead atoms. The van der Waals surface area contributed by atoms with Crippen molar-refractivity contribution in [1.82, 2.24) is 14.8 Å². The Morgan fingerprint density at radius 2 is 1.87 bits per heavy atom. The standard InChI is InChI=1S/C27H24ClN5O5S/c1-17-30-31-27(33(17)21-8-10-22(36-2)11-9-21)39-25(15-32(34)35)20-12-23(28)26(24(13-20)37-3)38-16-19-7-5-4-6-18(19)14-29/h4-13,25H,15-16H2,1-3H3/t25-/m0/s1. The van der Waals surface area contributed by atoms with Gasteiger partial charge >= 0.3 is 0 Å². The summed E-state index contributed by atoms with van der Waals surface area (Å²) in [7, 11) is 3.05. The van der Waals surface area contributed by atoms with Crippen LogP contribution in [0.15, 0.2) is 65.8 Å². The first-order valence-electron chi connectivity index (χ1n) is 11.7. The minimum absolute atomic E-state index is 0.0937. The molecule has 4 aromatic rings. The summed E-state index contributed by atoms with van der Waals surface area (Å²) in [6.45, 7) is 1.51. The van der Waals surface area contributed by atoms with Gasteiger partial charge in [-0.15, -0.1) is 10.2 Å². The average molecular weight is 566 g/mol. The second-order valence-electron chi connectivity index (χ2n) is 8.28. The van der Waals surface area contributed by atoms with Gasteiger partial charge < -0.3 is 14.2 Å². The molecule has 4 rings (SSSR count). The predicted octanol–water partition coefficient (Wildman–Crippen LogP) is 5.81. The summed E-state index contributed by atoms with van der Waals surface area (Å²) in [6, 6.07) is 19.8. The van der Waals surface area contributed by atoms with Crippen LogP contribution < -0.4 is 14.2 Å². The summed E-state index contributed by atoms with van der Waals surface area (Å²) in [6.07, 6.45) is 0. The molecule has 12 heteroatoms. The number of ether oxygens (including phenoxy) is 3. The summed E-state index contributed by atoms with van der Waals surface area (Å²) in [5.74, 6) is 1.91. The normalized spacial score (nSPS) is 11.5. The molecule has 200 valence electrons. The summed E-state index contributed by atoms with van der Waals surface area (Å²) < 4.78 is 18.5. The lowest BCUT2D eigenvalue weighted by Gasteiger charge is -2.18. The minimum Gasteiger partial charge on any atom is -0.497 e. The molecule has 39 heavy (non-hydrogen) atoms. The number of methoxy groups -OCH3 is 2. The third-order valence-electron chi connectivity index (χ3n) is 5.82. The van der Waals surface area contributed by atoms with Crippen LogP contribution in [0.3, 0.4) is 0 Å². The number of aromatic nitrogens is 3. The van der Waals surface area contributed by atoms with Crippen LogP contribution in [0.4, 0.5) is 0 Å². The van der Waals surface area contributed by atoms with Crippen LogP contribution in [0, 0.1) is 28.4 Å². The van der Waals surface area contributed by atoms with Crippen molar-refractivity contribution in [3.05, 3.63) is 98.3 Å². The fraction of sp³-hybridized carbons (Fsp3) is 0.222. The van der Waals surface area contributed by atoms with E-state index in [2.05, 4.69) is 16.3 Å². The summed E-state index contributed by atoms with van der Waals surface area (Å²) in [4.78, 5) is 11.3. The van der Waals surface area contributed by atoms with E-state index in [1.807, 2.05) is 34.9 Å². The molecule has 1 atom stereocenters. The molecule has 3 aromatic carbocycles. The minimum atomic E-state index is -0.666. The van der Waals surface area contributed by atoms with Crippen LogP contribution in [0.1, 0.15) is 27.8 Å². The fourth-order valence-electron chi connectivity index (χ4n) is 3.89. The van der Waals surface area contributed by atoms with Crippen molar-refractivity contribution in [3.63, 3.8) is 0 Å². The highest BCUT2D eigenvalue weighted by molar-refractivity contribution is 7.99. The number of hydrogen-bond acceptors (Lipinski definition) is 9. The molecule has 0 aliphatic heterocycles. The monoisotopic (exact) mass is 565 g/mol. The van der Waals surface area contributed by atoms with Crippen LogP contribution >= 0.6 is 23.4 Å².